The Labute approximate surface area is 83.8 Å². The van der Waals surface area contributed by atoms with Crippen molar-refractivity contribution in [3.63, 3.8) is 0 Å². The van der Waals surface area contributed by atoms with Crippen LogP contribution in [0, 0.1) is 5.82 Å². The molecule has 0 N–H and O–H groups in total. The van der Waals surface area contributed by atoms with Gasteiger partial charge < -0.3 is 0 Å². The largest absolute Gasteiger partial charge is 0.205 e. The molecule has 0 spiro atoms. The lowest BCUT2D eigenvalue weighted by atomic mass is 10.3. The third-order valence-corrected chi connectivity index (χ3v) is 2.06. The van der Waals surface area contributed by atoms with Crippen LogP contribution in [0.3, 0.4) is 0 Å². The first-order valence-electron chi connectivity index (χ1n) is 2.88. The SMILES string of the molecule is Fc1ccc(Cl)c(Cl)c1N=C=S. The van der Waals surface area contributed by atoms with E-state index < -0.39 is 5.82 Å². The lowest BCUT2D eigenvalue weighted by molar-refractivity contribution is 0.630. The molecule has 1 nitrogen and oxygen atoms in total. The molecule has 0 fully saturated rings. The summed E-state index contributed by atoms with van der Waals surface area (Å²) < 4.78 is 12.9. The minimum atomic E-state index is -0.568. The van der Waals surface area contributed by atoms with Gasteiger partial charge in [-0.05, 0) is 24.4 Å². The van der Waals surface area contributed by atoms with Crippen LogP contribution in [-0.4, -0.2) is 5.16 Å². The number of hydrogen-bond acceptors (Lipinski definition) is 2. The van der Waals surface area contributed by atoms with Gasteiger partial charge in [-0.3, -0.25) is 0 Å². The molecule has 0 heterocycles. The molecule has 1 rings (SSSR count). The number of halogens is 3. The van der Waals surface area contributed by atoms with Crippen LogP contribution < -0.4 is 0 Å². The number of benzene rings is 1. The first kappa shape index (κ1) is 9.62. The summed E-state index contributed by atoms with van der Waals surface area (Å²) in [6.45, 7) is 0. The normalized spacial score (nSPS) is 9.25. The average Bonchev–Trinajstić information content (AvgIpc) is 2.06. The van der Waals surface area contributed by atoms with Gasteiger partial charge in [0.1, 0.15) is 5.69 Å². The summed E-state index contributed by atoms with van der Waals surface area (Å²) in [5, 5.41) is 2.31. The summed E-state index contributed by atoms with van der Waals surface area (Å²) in [6.07, 6.45) is 0. The molecule has 0 saturated heterocycles. The van der Waals surface area contributed by atoms with Crippen molar-refractivity contribution in [2.75, 3.05) is 0 Å². The van der Waals surface area contributed by atoms with E-state index >= 15 is 0 Å². The van der Waals surface area contributed by atoms with E-state index in [0.717, 1.165) is 0 Å². The first-order chi connectivity index (χ1) is 5.66. The van der Waals surface area contributed by atoms with Crippen molar-refractivity contribution in [1.82, 2.24) is 0 Å². The van der Waals surface area contributed by atoms with Gasteiger partial charge in [0.05, 0.1) is 15.2 Å². The maximum Gasteiger partial charge on any atom is 0.151 e. The summed E-state index contributed by atoms with van der Waals surface area (Å²) in [5.41, 5.74) is -0.0702. The molecule has 1 aromatic carbocycles. The summed E-state index contributed by atoms with van der Waals surface area (Å²) in [6, 6.07) is 2.52. The smallest absolute Gasteiger partial charge is 0.151 e. The third kappa shape index (κ3) is 1.82. The van der Waals surface area contributed by atoms with Crippen LogP contribution in [0.5, 0.6) is 0 Å². The Morgan fingerprint density at radius 3 is 2.67 bits per heavy atom. The van der Waals surface area contributed by atoms with Crippen LogP contribution in [0.25, 0.3) is 0 Å². The third-order valence-electron chi connectivity index (χ3n) is 1.18. The highest BCUT2D eigenvalue weighted by molar-refractivity contribution is 7.78. The van der Waals surface area contributed by atoms with Gasteiger partial charge in [0.15, 0.2) is 5.82 Å². The first-order valence-corrected chi connectivity index (χ1v) is 4.04. The topological polar surface area (TPSA) is 12.4 Å². The number of isothiocyanates is 1. The second kappa shape index (κ2) is 3.97. The number of rotatable bonds is 1. The van der Waals surface area contributed by atoms with Crippen molar-refractivity contribution in [1.29, 1.82) is 0 Å². The fraction of sp³-hybridized carbons (Fsp3) is 0. The number of thiocarbonyl (C=S) groups is 1. The van der Waals surface area contributed by atoms with Crippen LogP contribution in [0.2, 0.25) is 10.0 Å². The van der Waals surface area contributed by atoms with Gasteiger partial charge in [0, 0.05) is 0 Å². The van der Waals surface area contributed by atoms with E-state index in [9.17, 15) is 4.39 Å². The van der Waals surface area contributed by atoms with Gasteiger partial charge in [-0.2, -0.15) is 4.99 Å². The molecule has 1 aromatic rings. The van der Waals surface area contributed by atoms with E-state index in [-0.39, 0.29) is 15.7 Å². The van der Waals surface area contributed by atoms with E-state index in [1.807, 2.05) is 5.16 Å². The maximum atomic E-state index is 12.9. The molecule has 12 heavy (non-hydrogen) atoms. The predicted octanol–water partition coefficient (Wildman–Crippen LogP) is 3.87. The van der Waals surface area contributed by atoms with E-state index in [4.69, 9.17) is 23.2 Å². The molecule has 0 amide bonds. The molecule has 0 aliphatic heterocycles. The maximum absolute atomic E-state index is 12.9. The van der Waals surface area contributed by atoms with Crippen LogP contribution in [0.4, 0.5) is 10.1 Å². The Kier molecular flexibility index (Phi) is 3.18. The molecule has 0 atom stereocenters. The summed E-state index contributed by atoms with van der Waals surface area (Å²) >= 11 is 15.5. The zero-order valence-corrected chi connectivity index (χ0v) is 7.97. The Bertz CT molecular complexity index is 361. The quantitative estimate of drug-likeness (QED) is 0.399. The van der Waals surface area contributed by atoms with Crippen LogP contribution in [0.15, 0.2) is 17.1 Å². The lowest BCUT2D eigenvalue weighted by Gasteiger charge is -1.99. The average molecular weight is 222 g/mol. The minimum Gasteiger partial charge on any atom is -0.205 e. The summed E-state index contributed by atoms with van der Waals surface area (Å²) in [4.78, 5) is 3.44. The Balaban J connectivity index is 3.42. The van der Waals surface area contributed by atoms with Gasteiger partial charge in [0.25, 0.3) is 0 Å². The minimum absolute atomic E-state index is 0.0500. The summed E-state index contributed by atoms with van der Waals surface area (Å²) in [5.74, 6) is -0.568. The molecule has 0 bridgehead atoms. The van der Waals surface area contributed by atoms with Crippen molar-refractivity contribution < 1.29 is 4.39 Å². The summed E-state index contributed by atoms with van der Waals surface area (Å²) in [7, 11) is 0. The van der Waals surface area contributed by atoms with Gasteiger partial charge >= 0.3 is 0 Å². The molecule has 0 saturated carbocycles. The molecular weight excluding hydrogens is 220 g/mol. The van der Waals surface area contributed by atoms with E-state index in [0.29, 0.717) is 0 Å². The highest BCUT2D eigenvalue weighted by Gasteiger charge is 2.08. The Morgan fingerprint density at radius 1 is 1.42 bits per heavy atom. The van der Waals surface area contributed by atoms with Gasteiger partial charge in [0.2, 0.25) is 0 Å². The highest BCUT2D eigenvalue weighted by atomic mass is 35.5. The van der Waals surface area contributed by atoms with Crippen molar-refractivity contribution >= 4 is 46.3 Å². The lowest BCUT2D eigenvalue weighted by Crippen LogP contribution is -1.77. The van der Waals surface area contributed by atoms with E-state index in [1.165, 1.54) is 12.1 Å². The van der Waals surface area contributed by atoms with Crippen molar-refractivity contribution in [2.24, 2.45) is 4.99 Å². The highest BCUT2D eigenvalue weighted by Crippen LogP contribution is 2.33. The molecule has 0 aliphatic carbocycles. The fourth-order valence-electron chi connectivity index (χ4n) is 0.665. The van der Waals surface area contributed by atoms with Crippen LogP contribution in [-0.2, 0) is 0 Å². The van der Waals surface area contributed by atoms with Crippen LogP contribution >= 0.6 is 35.4 Å². The predicted molar refractivity (Wildman–Crippen MR) is 51.1 cm³/mol. The molecule has 0 aromatic heterocycles. The second-order valence-corrected chi connectivity index (χ2v) is 2.86. The van der Waals surface area contributed by atoms with Gasteiger partial charge in [-0.25, -0.2) is 4.39 Å². The van der Waals surface area contributed by atoms with Crippen molar-refractivity contribution in [3.05, 3.63) is 28.0 Å². The molecular formula is C7H2Cl2FNS. The second-order valence-electron chi connectivity index (χ2n) is 1.89. The zero-order valence-electron chi connectivity index (χ0n) is 5.64. The fourth-order valence-corrected chi connectivity index (χ4v) is 1.10. The van der Waals surface area contributed by atoms with E-state index in [1.54, 1.807) is 0 Å². The van der Waals surface area contributed by atoms with Crippen molar-refractivity contribution in [3.8, 4) is 0 Å². The number of hydrogen-bond donors (Lipinski definition) is 0. The van der Waals surface area contributed by atoms with Crippen LogP contribution in [0.1, 0.15) is 0 Å². The van der Waals surface area contributed by atoms with Crippen molar-refractivity contribution in [2.45, 2.75) is 0 Å². The van der Waals surface area contributed by atoms with Gasteiger partial charge in [-0.15, -0.1) is 0 Å². The molecule has 62 valence electrons. The molecule has 5 heteroatoms. The van der Waals surface area contributed by atoms with E-state index in [2.05, 4.69) is 17.2 Å². The number of aliphatic imine (C=N–C) groups is 1. The molecule has 0 radical (unpaired) electrons. The number of nitrogens with zero attached hydrogens (tertiary/aromatic N) is 1. The Morgan fingerprint density at radius 2 is 2.08 bits per heavy atom. The standard InChI is InChI=1S/C7H2Cl2FNS/c8-4-1-2-5(10)7(6(4)9)11-3-12/h1-2H. The molecule has 0 aliphatic rings. The molecule has 0 unspecified atom stereocenters. The Hall–Kier alpha value is -0.470. The zero-order chi connectivity index (χ0) is 9.14. The monoisotopic (exact) mass is 221 g/mol. The van der Waals surface area contributed by atoms with Gasteiger partial charge in [-0.1, -0.05) is 23.2 Å².